The molecular weight excluding hydrogens is 565 g/mol. The Kier molecular flexibility index (Phi) is 16.8. The molecule has 0 saturated carbocycles. The third-order valence-electron chi connectivity index (χ3n) is 7.04. The van der Waals surface area contributed by atoms with E-state index in [1.54, 1.807) is 0 Å². The summed E-state index contributed by atoms with van der Waals surface area (Å²) in [6, 6.07) is 15.4. The SMILES string of the molecule is CCc1cc(CC)c(N=C(C)c2cccc(C(C)=Nc3c(CC)cc(CC)cc3CC)n2)c(CC)c1.[Cl-].[Cl-].[Fe+2]. The van der Waals surface area contributed by atoms with Crippen LogP contribution in [0.4, 0.5) is 11.4 Å². The number of pyridine rings is 1. The van der Waals surface area contributed by atoms with Gasteiger partial charge in [-0.15, -0.1) is 0 Å². The standard InChI is InChI=1S/C33H43N3.2ClH.Fe/c1-9-24-18-26(11-3)32(27(12-4)19-24)34-22(7)30-16-15-17-31(36-30)23(8)35-33-28(13-5)20-25(10-2)21-29(33)14-6;;;/h15-21H,9-14H2,1-8H3;2*1H;/q;;;+2/p-2. The summed E-state index contributed by atoms with van der Waals surface area (Å²) in [7, 11) is 0. The fourth-order valence-electron chi connectivity index (χ4n) is 4.73. The van der Waals surface area contributed by atoms with Gasteiger partial charge < -0.3 is 24.8 Å². The molecule has 1 heterocycles. The molecule has 3 aromatic rings. The molecule has 0 unspecified atom stereocenters. The zero-order valence-electron chi connectivity index (χ0n) is 24.7. The fourth-order valence-corrected chi connectivity index (χ4v) is 4.73. The second-order valence-electron chi connectivity index (χ2n) is 9.45. The van der Waals surface area contributed by atoms with Crippen LogP contribution in [0.15, 0.2) is 52.4 Å². The van der Waals surface area contributed by atoms with Crippen LogP contribution in [0.5, 0.6) is 0 Å². The molecule has 39 heavy (non-hydrogen) atoms. The van der Waals surface area contributed by atoms with E-state index in [0.717, 1.165) is 72.7 Å². The average molecular weight is 608 g/mol. The van der Waals surface area contributed by atoms with Gasteiger partial charge in [0.2, 0.25) is 0 Å². The molecule has 3 nitrogen and oxygen atoms in total. The second kappa shape index (κ2) is 17.7. The summed E-state index contributed by atoms with van der Waals surface area (Å²) in [4.78, 5) is 15.2. The molecule has 0 spiro atoms. The summed E-state index contributed by atoms with van der Waals surface area (Å²) in [5.41, 5.74) is 13.9. The number of halogens is 2. The maximum absolute atomic E-state index is 5.12. The van der Waals surface area contributed by atoms with Gasteiger partial charge in [0.1, 0.15) is 0 Å². The molecule has 0 bridgehead atoms. The van der Waals surface area contributed by atoms with Crippen molar-refractivity contribution in [2.24, 2.45) is 9.98 Å². The first-order chi connectivity index (χ1) is 17.4. The minimum Gasteiger partial charge on any atom is -1.00 e. The van der Waals surface area contributed by atoms with Gasteiger partial charge in [0.25, 0.3) is 0 Å². The van der Waals surface area contributed by atoms with Crippen LogP contribution in [-0.2, 0) is 55.6 Å². The molecule has 0 N–H and O–H groups in total. The Morgan fingerprint density at radius 2 is 0.872 bits per heavy atom. The van der Waals surface area contributed by atoms with E-state index in [2.05, 4.69) is 97.9 Å². The molecule has 212 valence electrons. The van der Waals surface area contributed by atoms with E-state index in [1.165, 1.54) is 33.4 Å². The predicted octanol–water partition coefficient (Wildman–Crippen LogP) is 2.74. The first-order valence-corrected chi connectivity index (χ1v) is 13.8. The Bertz CT molecular complexity index is 1140. The van der Waals surface area contributed by atoms with Crippen molar-refractivity contribution in [1.82, 2.24) is 4.98 Å². The van der Waals surface area contributed by atoms with Crippen LogP contribution in [0, 0.1) is 0 Å². The van der Waals surface area contributed by atoms with Crippen LogP contribution >= 0.6 is 0 Å². The summed E-state index contributed by atoms with van der Waals surface area (Å²) in [6.45, 7) is 17.4. The van der Waals surface area contributed by atoms with E-state index in [4.69, 9.17) is 15.0 Å². The second-order valence-corrected chi connectivity index (χ2v) is 9.45. The number of aryl methyl sites for hydroxylation is 6. The van der Waals surface area contributed by atoms with Gasteiger partial charge in [-0.1, -0.05) is 71.9 Å². The summed E-state index contributed by atoms with van der Waals surface area (Å²) in [5, 5.41) is 0. The predicted molar refractivity (Wildman–Crippen MR) is 157 cm³/mol. The van der Waals surface area contributed by atoms with Crippen molar-refractivity contribution < 1.29 is 41.9 Å². The Balaban J connectivity index is 0.00000481. The summed E-state index contributed by atoms with van der Waals surface area (Å²) in [6.07, 6.45) is 5.99. The van der Waals surface area contributed by atoms with Crippen molar-refractivity contribution >= 4 is 22.8 Å². The molecule has 0 fully saturated rings. The number of rotatable bonds is 10. The number of nitrogens with zero attached hydrogens (tertiary/aromatic N) is 3. The van der Waals surface area contributed by atoms with Gasteiger partial charge in [0.05, 0.1) is 34.2 Å². The van der Waals surface area contributed by atoms with Gasteiger partial charge in [-0.25, -0.2) is 4.98 Å². The maximum atomic E-state index is 5.12. The normalized spacial score (nSPS) is 11.4. The molecule has 0 aliphatic carbocycles. The Morgan fingerprint density at radius 1 is 0.564 bits per heavy atom. The van der Waals surface area contributed by atoms with E-state index in [1.807, 2.05) is 0 Å². The minimum absolute atomic E-state index is 0. The van der Waals surface area contributed by atoms with E-state index >= 15 is 0 Å². The molecule has 1 aromatic heterocycles. The first kappa shape index (κ1) is 37.0. The number of aromatic nitrogens is 1. The minimum atomic E-state index is 0. The van der Waals surface area contributed by atoms with Crippen LogP contribution in [0.2, 0.25) is 0 Å². The Hall–Kier alpha value is -1.97. The quantitative estimate of drug-likeness (QED) is 0.258. The molecule has 0 saturated heterocycles. The number of aliphatic imine (C=N–C) groups is 2. The third-order valence-corrected chi connectivity index (χ3v) is 7.04. The zero-order chi connectivity index (χ0) is 26.2. The molecule has 3 rings (SSSR count). The van der Waals surface area contributed by atoms with E-state index < -0.39 is 0 Å². The van der Waals surface area contributed by atoms with E-state index in [-0.39, 0.29) is 41.9 Å². The molecule has 0 amide bonds. The topological polar surface area (TPSA) is 37.6 Å². The van der Waals surface area contributed by atoms with Crippen LogP contribution in [-0.4, -0.2) is 16.4 Å². The third kappa shape index (κ3) is 9.02. The summed E-state index contributed by atoms with van der Waals surface area (Å²) >= 11 is 0. The summed E-state index contributed by atoms with van der Waals surface area (Å²) in [5.74, 6) is 0. The van der Waals surface area contributed by atoms with E-state index in [9.17, 15) is 0 Å². The largest absolute Gasteiger partial charge is 2.00 e. The first-order valence-electron chi connectivity index (χ1n) is 13.8. The molecule has 0 radical (unpaired) electrons. The van der Waals surface area contributed by atoms with Crippen LogP contribution < -0.4 is 24.8 Å². The van der Waals surface area contributed by atoms with Crippen LogP contribution in [0.1, 0.15) is 100 Å². The fraction of sp³-hybridized carbons (Fsp3) is 0.424. The zero-order valence-corrected chi connectivity index (χ0v) is 27.4. The van der Waals surface area contributed by atoms with Crippen molar-refractivity contribution in [2.45, 2.75) is 93.9 Å². The Morgan fingerprint density at radius 3 is 1.13 bits per heavy atom. The number of hydrogen-bond acceptors (Lipinski definition) is 3. The van der Waals surface area contributed by atoms with Crippen molar-refractivity contribution in [3.05, 3.63) is 87.2 Å². The maximum Gasteiger partial charge on any atom is 2.00 e. The molecule has 0 aliphatic rings. The van der Waals surface area contributed by atoms with Crippen molar-refractivity contribution in [1.29, 1.82) is 0 Å². The van der Waals surface area contributed by atoms with Gasteiger partial charge in [0, 0.05) is 0 Å². The van der Waals surface area contributed by atoms with Crippen LogP contribution in [0.3, 0.4) is 0 Å². The molecule has 0 aliphatic heterocycles. The smallest absolute Gasteiger partial charge is 1.00 e. The van der Waals surface area contributed by atoms with Crippen molar-refractivity contribution in [3.63, 3.8) is 0 Å². The molecule has 0 atom stereocenters. The number of hydrogen-bond donors (Lipinski definition) is 0. The Labute approximate surface area is 259 Å². The van der Waals surface area contributed by atoms with E-state index in [0.29, 0.717) is 0 Å². The van der Waals surface area contributed by atoms with Gasteiger partial charge in [-0.3, -0.25) is 9.98 Å². The molecular formula is C33H43Cl2FeN3. The number of benzene rings is 2. The molecule has 2 aromatic carbocycles. The monoisotopic (exact) mass is 607 g/mol. The van der Waals surface area contributed by atoms with Crippen LogP contribution in [0.25, 0.3) is 0 Å². The van der Waals surface area contributed by atoms with Crippen molar-refractivity contribution in [2.75, 3.05) is 0 Å². The molecule has 6 heteroatoms. The van der Waals surface area contributed by atoms with Gasteiger partial charge >= 0.3 is 17.1 Å². The van der Waals surface area contributed by atoms with Gasteiger partial charge in [-0.05, 0) is 97.9 Å². The average Bonchev–Trinajstić information content (AvgIpc) is 2.92. The van der Waals surface area contributed by atoms with Crippen molar-refractivity contribution in [3.8, 4) is 0 Å². The van der Waals surface area contributed by atoms with Gasteiger partial charge in [-0.2, -0.15) is 0 Å². The van der Waals surface area contributed by atoms with Gasteiger partial charge in [0.15, 0.2) is 0 Å². The summed E-state index contributed by atoms with van der Waals surface area (Å²) < 4.78 is 0.